The van der Waals surface area contributed by atoms with Crippen LogP contribution in [0.25, 0.3) is 10.9 Å². The number of aromatic nitrogens is 2. The summed E-state index contributed by atoms with van der Waals surface area (Å²) in [5.74, 6) is 0.482. The zero-order valence-corrected chi connectivity index (χ0v) is 24.5. The number of hydrogen-bond acceptors (Lipinski definition) is 4. The van der Waals surface area contributed by atoms with E-state index in [0.29, 0.717) is 37.0 Å². The number of ether oxygens (including phenoxy) is 1. The number of rotatable bonds is 5. The van der Waals surface area contributed by atoms with E-state index in [-0.39, 0.29) is 28.2 Å². The minimum Gasteiger partial charge on any atom is -0.444 e. The second-order valence-electron chi connectivity index (χ2n) is 13.4. The molecule has 2 unspecified atom stereocenters. The van der Waals surface area contributed by atoms with Gasteiger partial charge in [-0.2, -0.15) is 0 Å². The minimum atomic E-state index is -2.03. The molecule has 0 radical (unpaired) electrons. The Balaban J connectivity index is 1.51. The molecule has 0 spiro atoms. The van der Waals surface area contributed by atoms with E-state index in [2.05, 4.69) is 43.4 Å². The molecule has 1 saturated heterocycles. The summed E-state index contributed by atoms with van der Waals surface area (Å²) in [5, 5.41) is 0.835. The maximum absolute atomic E-state index is 15.5. The number of fused-ring (bicyclic) bond motifs is 2. The number of carbonyl (C=O) groups excluding carboxylic acids is 1. The van der Waals surface area contributed by atoms with Gasteiger partial charge in [-0.1, -0.05) is 32.4 Å². The normalized spacial score (nSPS) is 24.4. The van der Waals surface area contributed by atoms with Gasteiger partial charge in [-0.05, 0) is 75.1 Å². The van der Waals surface area contributed by atoms with Crippen LogP contribution in [0, 0.1) is 17.7 Å². The molecule has 198 valence electrons. The smallest absolute Gasteiger partial charge is 0.410 e. The van der Waals surface area contributed by atoms with E-state index in [1.54, 1.807) is 6.20 Å². The highest BCUT2D eigenvalue weighted by atomic mass is 35.5. The number of hydrogen-bond donors (Lipinski definition) is 0. The molecule has 3 heterocycles. The van der Waals surface area contributed by atoms with Crippen LogP contribution >= 0.6 is 11.6 Å². The third kappa shape index (κ3) is 4.47. The summed E-state index contributed by atoms with van der Waals surface area (Å²) in [7, 11) is -2.03. The molecule has 3 fully saturated rings. The summed E-state index contributed by atoms with van der Waals surface area (Å²) >= 11 is 6.17. The Morgan fingerprint density at radius 2 is 1.78 bits per heavy atom. The highest BCUT2D eigenvalue weighted by Crippen LogP contribution is 2.61. The Bertz CT molecular complexity index is 1200. The van der Waals surface area contributed by atoms with Crippen LogP contribution in [-0.2, 0) is 15.8 Å². The number of carbonyl (C=O) groups is 1. The molecule has 2 aliphatic carbocycles. The summed E-state index contributed by atoms with van der Waals surface area (Å²) in [5.41, 5.74) is 2.27. The number of pyridine rings is 1. The van der Waals surface area contributed by atoms with Gasteiger partial charge >= 0.3 is 6.09 Å². The summed E-state index contributed by atoms with van der Waals surface area (Å²) < 4.78 is 30.0. The van der Waals surface area contributed by atoms with Crippen molar-refractivity contribution in [2.24, 2.45) is 11.8 Å². The predicted octanol–water partition coefficient (Wildman–Crippen LogP) is 7.27. The largest absolute Gasteiger partial charge is 0.444 e. The molecule has 9 heteroatoms. The van der Waals surface area contributed by atoms with Gasteiger partial charge in [-0.25, -0.2) is 14.2 Å². The average molecular weight is 536 g/mol. The van der Waals surface area contributed by atoms with Crippen molar-refractivity contribution in [2.75, 3.05) is 13.1 Å². The van der Waals surface area contributed by atoms with Crippen molar-refractivity contribution in [1.82, 2.24) is 14.5 Å². The molecule has 5 rings (SSSR count). The lowest BCUT2D eigenvalue weighted by atomic mass is 10.0. The van der Waals surface area contributed by atoms with Crippen molar-refractivity contribution in [3.63, 3.8) is 0 Å². The van der Waals surface area contributed by atoms with Gasteiger partial charge in [0.15, 0.2) is 19.3 Å². The second kappa shape index (κ2) is 8.43. The van der Waals surface area contributed by atoms with Gasteiger partial charge in [0.05, 0.1) is 12.1 Å². The van der Waals surface area contributed by atoms with Gasteiger partial charge in [0.1, 0.15) is 5.60 Å². The van der Waals surface area contributed by atoms with Gasteiger partial charge in [-0.15, -0.1) is 0 Å². The number of likely N-dealkylation sites (tertiary alicyclic amines) is 1. The standard InChI is InChI=1S/C27H39ClFN3O3Si/c1-26(2,3)35-25(33)31-12-17-18(13-31)20(17)21-16-11-30-24(28)22(29)23(16)32(15-9-10-15)19(21)14-34-36(7,8)27(4,5)6/h11,15,17-18,20H,9-10,12-14H2,1-8H3. The third-order valence-corrected chi connectivity index (χ3v) is 13.3. The van der Waals surface area contributed by atoms with Gasteiger partial charge in [0, 0.05) is 36.4 Å². The first-order chi connectivity index (χ1) is 16.6. The fourth-order valence-electron chi connectivity index (χ4n) is 5.46. The van der Waals surface area contributed by atoms with Gasteiger partial charge in [-0.3, -0.25) is 0 Å². The van der Waals surface area contributed by atoms with Gasteiger partial charge in [0.25, 0.3) is 0 Å². The Labute approximate surface area is 219 Å². The van der Waals surface area contributed by atoms with Crippen LogP contribution in [0.4, 0.5) is 9.18 Å². The van der Waals surface area contributed by atoms with Crippen LogP contribution in [-0.4, -0.2) is 47.6 Å². The monoisotopic (exact) mass is 535 g/mol. The lowest BCUT2D eigenvalue weighted by Crippen LogP contribution is -2.40. The van der Waals surface area contributed by atoms with Crippen molar-refractivity contribution in [2.45, 2.75) is 96.7 Å². The zero-order chi connectivity index (χ0) is 26.4. The Morgan fingerprint density at radius 1 is 1.17 bits per heavy atom. The van der Waals surface area contributed by atoms with Crippen molar-refractivity contribution in [3.05, 3.63) is 28.4 Å². The molecule has 2 saturated carbocycles. The molecule has 0 bridgehead atoms. The van der Waals surface area contributed by atoms with E-state index in [1.165, 1.54) is 0 Å². The topological polar surface area (TPSA) is 56.6 Å². The Kier molecular flexibility index (Phi) is 6.09. The molecular formula is C27H39ClFN3O3Si. The molecule has 2 aromatic heterocycles. The summed E-state index contributed by atoms with van der Waals surface area (Å²) in [6.07, 6.45) is 3.54. The first kappa shape index (κ1) is 26.0. The van der Waals surface area contributed by atoms with E-state index >= 15 is 4.39 Å². The fraction of sp³-hybridized carbons (Fsp3) is 0.704. The van der Waals surface area contributed by atoms with Gasteiger partial charge < -0.3 is 18.6 Å². The van der Waals surface area contributed by atoms with Crippen LogP contribution in [0.3, 0.4) is 0 Å². The molecule has 2 atom stereocenters. The fourth-order valence-corrected chi connectivity index (χ4v) is 6.53. The van der Waals surface area contributed by atoms with Crippen LogP contribution in [0.1, 0.15) is 77.6 Å². The van der Waals surface area contributed by atoms with Crippen molar-refractivity contribution < 1.29 is 18.3 Å². The zero-order valence-electron chi connectivity index (χ0n) is 22.7. The lowest BCUT2D eigenvalue weighted by Gasteiger charge is -2.36. The highest BCUT2D eigenvalue weighted by molar-refractivity contribution is 6.74. The Hall–Kier alpha value is -1.64. The van der Waals surface area contributed by atoms with E-state index in [4.69, 9.17) is 20.8 Å². The summed E-state index contributed by atoms with van der Waals surface area (Å²) in [4.78, 5) is 18.7. The van der Waals surface area contributed by atoms with E-state index in [9.17, 15) is 4.79 Å². The van der Waals surface area contributed by atoms with Crippen LogP contribution in [0.2, 0.25) is 23.3 Å². The van der Waals surface area contributed by atoms with E-state index in [1.807, 2.05) is 25.7 Å². The maximum Gasteiger partial charge on any atom is 0.410 e. The number of halogens is 2. The quantitative estimate of drug-likeness (QED) is 0.298. The molecule has 3 aliphatic rings. The average Bonchev–Trinajstić information content (AvgIpc) is 3.63. The van der Waals surface area contributed by atoms with E-state index < -0.39 is 19.7 Å². The molecular weight excluding hydrogens is 497 g/mol. The van der Waals surface area contributed by atoms with E-state index in [0.717, 1.165) is 29.5 Å². The first-order valence-corrected chi connectivity index (χ1v) is 16.4. The molecule has 6 nitrogen and oxygen atoms in total. The number of nitrogens with zero attached hydrogens (tertiary/aromatic N) is 3. The lowest BCUT2D eigenvalue weighted by molar-refractivity contribution is 0.0271. The van der Waals surface area contributed by atoms with Crippen LogP contribution in [0.5, 0.6) is 0 Å². The van der Waals surface area contributed by atoms with Gasteiger partial charge in [0.2, 0.25) is 0 Å². The molecule has 2 aromatic rings. The Morgan fingerprint density at radius 3 is 2.31 bits per heavy atom. The molecule has 0 N–H and O–H groups in total. The number of piperidine rings is 1. The van der Waals surface area contributed by atoms with Crippen molar-refractivity contribution >= 4 is 36.9 Å². The third-order valence-electron chi connectivity index (χ3n) is 8.55. The SMILES string of the molecule is CC(C)(C)OC(=O)N1CC2C(C1)C2c1c(CO[Si](C)(C)C(C)(C)C)n(C2CC2)c2c(F)c(Cl)ncc12. The predicted molar refractivity (Wildman–Crippen MR) is 142 cm³/mol. The van der Waals surface area contributed by atoms with Crippen molar-refractivity contribution in [3.8, 4) is 0 Å². The minimum absolute atomic E-state index is 0.0731. The maximum atomic E-state index is 15.5. The first-order valence-electron chi connectivity index (χ1n) is 13.1. The summed E-state index contributed by atoms with van der Waals surface area (Å²) in [6.45, 7) is 18.6. The van der Waals surface area contributed by atoms with Crippen molar-refractivity contribution in [1.29, 1.82) is 0 Å². The van der Waals surface area contributed by atoms with Crippen LogP contribution < -0.4 is 0 Å². The van der Waals surface area contributed by atoms with Crippen LogP contribution in [0.15, 0.2) is 6.20 Å². The molecule has 0 aromatic carbocycles. The molecule has 1 amide bonds. The molecule has 1 aliphatic heterocycles. The summed E-state index contributed by atoms with van der Waals surface area (Å²) in [6, 6.07) is 0.268. The molecule has 36 heavy (non-hydrogen) atoms. The second-order valence-corrected chi connectivity index (χ2v) is 18.5. The number of amides is 1. The highest BCUT2D eigenvalue weighted by Gasteiger charge is 2.59.